The number of nitro benzene ring substituents is 1. The van der Waals surface area contributed by atoms with E-state index in [0.29, 0.717) is 17.8 Å². The van der Waals surface area contributed by atoms with Crippen LogP contribution in [0.3, 0.4) is 0 Å². The fourth-order valence-corrected chi connectivity index (χ4v) is 3.10. The number of likely N-dealkylation sites (N-methyl/N-ethyl adjacent to an activating group) is 1. The minimum atomic E-state index is -1.20. The smallest absolute Gasteiger partial charge is 0.334 e. The van der Waals surface area contributed by atoms with Crippen molar-refractivity contribution in [1.29, 1.82) is 0 Å². The maximum atomic E-state index is 12.5. The van der Waals surface area contributed by atoms with E-state index in [4.69, 9.17) is 16.4 Å². The highest BCUT2D eigenvalue weighted by molar-refractivity contribution is 6.33. The lowest BCUT2D eigenvalue weighted by Gasteiger charge is -2.34. The molecule has 1 fully saturated rings. The number of rotatable bonds is 2. The molecule has 0 atom stereocenters. The van der Waals surface area contributed by atoms with Crippen LogP contribution < -0.4 is 20.4 Å². The summed E-state index contributed by atoms with van der Waals surface area (Å²) in [6, 6.07) is 1.29. The van der Waals surface area contributed by atoms with Crippen molar-refractivity contribution in [2.24, 2.45) is 5.16 Å². The van der Waals surface area contributed by atoms with Crippen LogP contribution in [0.1, 0.15) is 13.8 Å². The zero-order chi connectivity index (χ0) is 17.6. The third kappa shape index (κ3) is 2.63. The number of hydrogen-bond acceptors (Lipinski definition) is 7. The van der Waals surface area contributed by atoms with Gasteiger partial charge in [-0.1, -0.05) is 16.8 Å². The van der Waals surface area contributed by atoms with Gasteiger partial charge in [-0.3, -0.25) is 10.1 Å². The molecule has 2 aliphatic heterocycles. The molecule has 1 saturated heterocycles. The summed E-state index contributed by atoms with van der Waals surface area (Å²) in [5, 5.41) is 28.4. The molecular weight excluding hydrogens is 338 g/mol. The zero-order valence-corrected chi connectivity index (χ0v) is 14.4. The van der Waals surface area contributed by atoms with Crippen molar-refractivity contribution in [3.63, 3.8) is 0 Å². The van der Waals surface area contributed by atoms with Gasteiger partial charge in [-0.15, -0.1) is 0 Å². The molecular formula is C14H18ClN5O4. The second-order valence-corrected chi connectivity index (χ2v) is 6.80. The minimum Gasteiger partial charge on any atom is -0.620 e. The Labute approximate surface area is 143 Å². The molecule has 0 aliphatic carbocycles. The largest absolute Gasteiger partial charge is 0.620 e. The first kappa shape index (κ1) is 16.7. The number of piperazine rings is 1. The minimum absolute atomic E-state index is 0.0820. The third-order valence-corrected chi connectivity index (χ3v) is 4.54. The molecule has 0 N–H and O–H groups in total. The highest BCUT2D eigenvalue weighted by Gasteiger charge is 2.37. The van der Waals surface area contributed by atoms with E-state index in [1.807, 2.05) is 11.9 Å². The Hall–Kier alpha value is -2.13. The highest BCUT2D eigenvalue weighted by atomic mass is 35.5. The molecule has 130 valence electrons. The quantitative estimate of drug-likeness (QED) is 0.327. The van der Waals surface area contributed by atoms with Crippen molar-refractivity contribution in [3.05, 3.63) is 37.1 Å². The molecule has 0 spiro atoms. The molecule has 1 aromatic rings. The summed E-state index contributed by atoms with van der Waals surface area (Å²) in [7, 11) is 1.98. The molecule has 1 aromatic carbocycles. The number of fused-ring (bicyclic) bond motifs is 1. The van der Waals surface area contributed by atoms with Gasteiger partial charge in [0.15, 0.2) is 5.69 Å². The van der Waals surface area contributed by atoms with Crippen LogP contribution in [0.15, 0.2) is 11.2 Å². The summed E-state index contributed by atoms with van der Waals surface area (Å²) in [5.41, 5.74) is -1.21. The molecule has 3 rings (SSSR count). The maximum Gasteiger partial charge on any atom is 0.334 e. The van der Waals surface area contributed by atoms with Gasteiger partial charge in [0.25, 0.3) is 0 Å². The standard InChI is InChI=1S/C14H18ClN5O4/c1-14(2)19(21)10-8-9(15)12(20(22)23)13(11(10)16-24-14)18-6-4-17(3)5-7-18/h8H,4-7H2,1-3H3. The van der Waals surface area contributed by atoms with Crippen molar-refractivity contribution >= 4 is 23.0 Å². The van der Waals surface area contributed by atoms with Gasteiger partial charge in [0, 0.05) is 46.1 Å². The number of benzene rings is 1. The topological polar surface area (TPSA) is 97.3 Å². The average molecular weight is 356 g/mol. The third-order valence-electron chi connectivity index (χ3n) is 4.25. The molecule has 0 bridgehead atoms. The number of nitrogens with zero attached hydrogens (tertiary/aromatic N) is 5. The van der Waals surface area contributed by atoms with Crippen LogP contribution in [0, 0.1) is 15.3 Å². The zero-order valence-electron chi connectivity index (χ0n) is 13.7. The van der Waals surface area contributed by atoms with Crippen LogP contribution in [-0.4, -0.2) is 48.8 Å². The second kappa shape index (κ2) is 5.75. The predicted molar refractivity (Wildman–Crippen MR) is 88.4 cm³/mol. The van der Waals surface area contributed by atoms with Crippen molar-refractivity contribution in [2.75, 3.05) is 38.1 Å². The Morgan fingerprint density at radius 1 is 1.38 bits per heavy atom. The molecule has 10 heteroatoms. The van der Waals surface area contributed by atoms with Crippen molar-refractivity contribution in [3.8, 4) is 0 Å². The van der Waals surface area contributed by atoms with Crippen LogP contribution >= 0.6 is 11.6 Å². The summed E-state index contributed by atoms with van der Waals surface area (Å²) in [4.78, 5) is 20.2. The highest BCUT2D eigenvalue weighted by Crippen LogP contribution is 2.32. The normalized spacial score (nSPS) is 20.2. The Morgan fingerprint density at radius 3 is 2.58 bits per heavy atom. The SMILES string of the molecule is CN1CCN(c2c([N+](=O)[O-])c(Cl)cc3c2=NOC(C)(C)[N+]=3[O-])CC1. The number of anilines is 1. The molecule has 9 nitrogen and oxygen atoms in total. The lowest BCUT2D eigenvalue weighted by atomic mass is 10.1. The van der Waals surface area contributed by atoms with E-state index in [9.17, 15) is 15.3 Å². The Balaban J connectivity index is 2.31. The van der Waals surface area contributed by atoms with Crippen LogP contribution in [0.2, 0.25) is 5.02 Å². The van der Waals surface area contributed by atoms with Crippen LogP contribution in [-0.2, 0) is 4.84 Å². The van der Waals surface area contributed by atoms with Gasteiger partial charge in [-0.05, 0) is 7.05 Å². The van der Waals surface area contributed by atoms with E-state index in [1.165, 1.54) is 6.07 Å². The lowest BCUT2D eigenvalue weighted by Crippen LogP contribution is -2.55. The second-order valence-electron chi connectivity index (χ2n) is 6.39. The van der Waals surface area contributed by atoms with Crippen molar-refractivity contribution in [1.82, 2.24) is 9.64 Å². The monoisotopic (exact) mass is 355 g/mol. The van der Waals surface area contributed by atoms with Gasteiger partial charge in [0.05, 0.1) is 4.92 Å². The molecule has 2 heterocycles. The number of hydrogen-bond donors (Lipinski definition) is 0. The van der Waals surface area contributed by atoms with E-state index in [-0.39, 0.29) is 27.1 Å². The first-order chi connectivity index (χ1) is 11.2. The molecule has 2 aliphatic rings. The van der Waals surface area contributed by atoms with Crippen molar-refractivity contribution in [2.45, 2.75) is 19.6 Å². The Bertz CT molecular complexity index is 817. The van der Waals surface area contributed by atoms with Crippen LogP contribution in [0.5, 0.6) is 0 Å². The molecule has 24 heavy (non-hydrogen) atoms. The summed E-state index contributed by atoms with van der Waals surface area (Å²) in [6.45, 7) is 5.76. The first-order valence-corrected chi connectivity index (χ1v) is 7.91. The van der Waals surface area contributed by atoms with Gasteiger partial charge in [-0.25, -0.2) is 0 Å². The Morgan fingerprint density at radius 2 is 2.00 bits per heavy atom. The number of halogens is 1. The molecule has 0 amide bonds. The molecule has 0 saturated carbocycles. The lowest BCUT2D eigenvalue weighted by molar-refractivity contribution is -0.384. The fourth-order valence-electron chi connectivity index (χ4n) is 2.84. The average Bonchev–Trinajstić information content (AvgIpc) is 2.51. The van der Waals surface area contributed by atoms with Gasteiger partial charge in [0.1, 0.15) is 5.02 Å². The van der Waals surface area contributed by atoms with E-state index >= 15 is 0 Å². The first-order valence-electron chi connectivity index (χ1n) is 7.53. The van der Waals surface area contributed by atoms with E-state index in [0.717, 1.165) is 13.1 Å². The van der Waals surface area contributed by atoms with Gasteiger partial charge >= 0.3 is 11.4 Å². The van der Waals surface area contributed by atoms with Gasteiger partial charge in [-0.2, -0.15) is 4.74 Å². The fraction of sp³-hybridized carbons (Fsp3) is 0.571. The van der Waals surface area contributed by atoms with Crippen LogP contribution in [0.4, 0.5) is 11.4 Å². The summed E-state index contributed by atoms with van der Waals surface area (Å²) in [6.07, 6.45) is 0. The Kier molecular flexibility index (Phi) is 4.00. The summed E-state index contributed by atoms with van der Waals surface area (Å²) < 4.78 is 0.643. The summed E-state index contributed by atoms with van der Waals surface area (Å²) in [5.74, 6) is 0. The predicted octanol–water partition coefficient (Wildman–Crippen LogP) is 0.290. The molecule has 0 aromatic heterocycles. The molecule has 0 unspecified atom stereocenters. The summed E-state index contributed by atoms with van der Waals surface area (Å²) >= 11 is 6.14. The molecule has 0 radical (unpaired) electrons. The van der Waals surface area contributed by atoms with E-state index in [1.54, 1.807) is 13.8 Å². The number of nitro groups is 1. The van der Waals surface area contributed by atoms with Crippen molar-refractivity contribution < 1.29 is 9.76 Å². The van der Waals surface area contributed by atoms with E-state index in [2.05, 4.69) is 10.1 Å². The number of hydroxylamine groups is 1. The van der Waals surface area contributed by atoms with Gasteiger partial charge in [0.2, 0.25) is 10.7 Å². The maximum absolute atomic E-state index is 12.5. The van der Waals surface area contributed by atoms with E-state index < -0.39 is 10.6 Å². The van der Waals surface area contributed by atoms with Crippen LogP contribution in [0.25, 0.3) is 0 Å². The van der Waals surface area contributed by atoms with Gasteiger partial charge < -0.3 is 19.8 Å².